The first-order valence-corrected chi connectivity index (χ1v) is 12.4. The molecular weight excluding hydrogens is 442 g/mol. The van der Waals surface area contributed by atoms with Crippen molar-refractivity contribution in [2.75, 3.05) is 39.6 Å². The zero-order valence-electron chi connectivity index (χ0n) is 18.1. The molecule has 31 heavy (non-hydrogen) atoms. The number of hydrogen-bond acceptors (Lipinski definition) is 6. The molecule has 1 amide bonds. The zero-order valence-corrected chi connectivity index (χ0v) is 19.7. The lowest BCUT2D eigenvalue weighted by atomic mass is 10.2. The minimum atomic E-state index is -3.85. The average Bonchev–Trinajstić information content (AvgIpc) is 2.74. The highest BCUT2D eigenvalue weighted by Gasteiger charge is 2.25. The average molecular weight is 470 g/mol. The maximum absolute atomic E-state index is 12.7. The summed E-state index contributed by atoms with van der Waals surface area (Å²) in [7, 11) is -3.44. The summed E-state index contributed by atoms with van der Waals surface area (Å²) >= 11 is 0. The van der Waals surface area contributed by atoms with Crippen molar-refractivity contribution in [3.8, 4) is 5.75 Å². The summed E-state index contributed by atoms with van der Waals surface area (Å²) in [6.07, 6.45) is 0. The molecule has 0 atom stereocenters. The lowest BCUT2D eigenvalue weighted by Crippen LogP contribution is -2.30. The predicted molar refractivity (Wildman–Crippen MR) is 118 cm³/mol. The zero-order chi connectivity index (χ0) is 23.4. The van der Waals surface area contributed by atoms with Crippen molar-refractivity contribution >= 4 is 31.6 Å². The topological polar surface area (TPSA) is 113 Å². The van der Waals surface area contributed by atoms with E-state index in [1.807, 2.05) is 0 Å². The van der Waals surface area contributed by atoms with E-state index < -0.39 is 26.0 Å². The number of methoxy groups -OCH3 is 1. The minimum Gasteiger partial charge on any atom is -0.495 e. The van der Waals surface area contributed by atoms with Gasteiger partial charge in [0, 0.05) is 38.4 Å². The molecular formula is C20H27N3O6S2. The molecule has 0 bridgehead atoms. The van der Waals surface area contributed by atoms with Crippen molar-refractivity contribution in [1.29, 1.82) is 0 Å². The number of benzene rings is 2. The van der Waals surface area contributed by atoms with E-state index >= 15 is 0 Å². The molecule has 0 saturated carbocycles. The van der Waals surface area contributed by atoms with Crippen LogP contribution in [0.2, 0.25) is 0 Å². The van der Waals surface area contributed by atoms with Crippen molar-refractivity contribution in [2.24, 2.45) is 0 Å². The van der Waals surface area contributed by atoms with E-state index in [1.54, 1.807) is 19.9 Å². The molecule has 0 aliphatic heterocycles. The molecule has 11 heteroatoms. The third-order valence-corrected chi connectivity index (χ3v) is 8.50. The van der Waals surface area contributed by atoms with E-state index in [9.17, 15) is 21.6 Å². The molecule has 0 spiro atoms. The van der Waals surface area contributed by atoms with Gasteiger partial charge in [0.1, 0.15) is 10.6 Å². The first-order chi connectivity index (χ1) is 14.5. The molecule has 2 rings (SSSR count). The van der Waals surface area contributed by atoms with Crippen LogP contribution in [0.4, 0.5) is 5.69 Å². The number of rotatable bonds is 9. The second-order valence-corrected chi connectivity index (χ2v) is 10.8. The van der Waals surface area contributed by atoms with Crippen LogP contribution in [0.1, 0.15) is 24.2 Å². The molecule has 2 aromatic carbocycles. The molecule has 9 nitrogen and oxygen atoms in total. The van der Waals surface area contributed by atoms with E-state index in [4.69, 9.17) is 4.74 Å². The third kappa shape index (κ3) is 5.24. The van der Waals surface area contributed by atoms with E-state index in [2.05, 4.69) is 5.32 Å². The van der Waals surface area contributed by atoms with Gasteiger partial charge >= 0.3 is 0 Å². The Bertz CT molecular complexity index is 1160. The summed E-state index contributed by atoms with van der Waals surface area (Å²) in [5.74, 6) is -0.479. The number of nitrogens with zero attached hydrogens (tertiary/aromatic N) is 2. The highest BCUT2D eigenvalue weighted by molar-refractivity contribution is 7.89. The van der Waals surface area contributed by atoms with E-state index in [0.29, 0.717) is 13.1 Å². The Labute approximate surface area is 183 Å². The normalized spacial score (nSPS) is 12.2. The maximum Gasteiger partial charge on any atom is 0.255 e. The SMILES string of the molecule is CCN(CC)S(=O)(=O)c1cccc(NC(=O)c2ccc(OC)c(S(=O)(=O)N(C)C)c2)c1. The second-order valence-electron chi connectivity index (χ2n) is 6.72. The van der Waals surface area contributed by atoms with Gasteiger partial charge in [0.2, 0.25) is 20.0 Å². The Kier molecular flexibility index (Phi) is 7.82. The van der Waals surface area contributed by atoms with Crippen LogP contribution in [0, 0.1) is 0 Å². The number of anilines is 1. The summed E-state index contributed by atoms with van der Waals surface area (Å²) in [6, 6.07) is 9.96. The van der Waals surface area contributed by atoms with Gasteiger partial charge in [0.05, 0.1) is 12.0 Å². The van der Waals surface area contributed by atoms with Gasteiger partial charge in [-0.15, -0.1) is 0 Å². The largest absolute Gasteiger partial charge is 0.495 e. The van der Waals surface area contributed by atoms with E-state index in [0.717, 1.165) is 4.31 Å². The molecule has 0 aliphatic rings. The summed E-state index contributed by atoms with van der Waals surface area (Å²) in [4.78, 5) is 12.7. The van der Waals surface area contributed by atoms with E-state index in [1.165, 1.54) is 61.9 Å². The first-order valence-electron chi connectivity index (χ1n) is 9.51. The van der Waals surface area contributed by atoms with Gasteiger partial charge < -0.3 is 10.1 Å². The number of nitrogens with one attached hydrogen (secondary N) is 1. The highest BCUT2D eigenvalue weighted by atomic mass is 32.2. The second kappa shape index (κ2) is 9.77. The molecule has 0 aromatic heterocycles. The van der Waals surface area contributed by atoms with Crippen LogP contribution < -0.4 is 10.1 Å². The Balaban J connectivity index is 2.39. The fraction of sp³-hybridized carbons (Fsp3) is 0.350. The summed E-state index contributed by atoms with van der Waals surface area (Å²) in [6.45, 7) is 4.14. The molecule has 0 unspecified atom stereocenters. The van der Waals surface area contributed by atoms with Crippen LogP contribution in [0.15, 0.2) is 52.3 Å². The maximum atomic E-state index is 12.7. The van der Waals surface area contributed by atoms with Crippen LogP contribution in [0.5, 0.6) is 5.75 Å². The monoisotopic (exact) mass is 469 g/mol. The fourth-order valence-electron chi connectivity index (χ4n) is 2.87. The Morgan fingerprint density at radius 2 is 1.61 bits per heavy atom. The number of amides is 1. The highest BCUT2D eigenvalue weighted by Crippen LogP contribution is 2.27. The number of carbonyl (C=O) groups excluding carboxylic acids is 1. The molecule has 0 aliphatic carbocycles. The van der Waals surface area contributed by atoms with Crippen molar-refractivity contribution in [1.82, 2.24) is 8.61 Å². The molecule has 0 saturated heterocycles. The number of hydrogen-bond donors (Lipinski definition) is 1. The van der Waals surface area contributed by atoms with Crippen LogP contribution in [0.25, 0.3) is 0 Å². The Morgan fingerprint density at radius 3 is 2.16 bits per heavy atom. The lowest BCUT2D eigenvalue weighted by Gasteiger charge is -2.19. The van der Waals surface area contributed by atoms with Crippen LogP contribution >= 0.6 is 0 Å². The quantitative estimate of drug-likeness (QED) is 0.603. The fourth-order valence-corrected chi connectivity index (χ4v) is 5.45. The van der Waals surface area contributed by atoms with Crippen molar-refractivity contribution in [2.45, 2.75) is 23.6 Å². The number of sulfonamides is 2. The summed E-state index contributed by atoms with van der Waals surface area (Å²) < 4.78 is 58.0. The molecule has 0 heterocycles. The van der Waals surface area contributed by atoms with Gasteiger partial charge in [-0.25, -0.2) is 21.1 Å². The van der Waals surface area contributed by atoms with Crippen molar-refractivity contribution < 1.29 is 26.4 Å². The predicted octanol–water partition coefficient (Wildman–Crippen LogP) is 2.23. The van der Waals surface area contributed by atoms with Gasteiger partial charge in [0.25, 0.3) is 5.91 Å². The van der Waals surface area contributed by atoms with E-state index in [-0.39, 0.29) is 26.8 Å². The van der Waals surface area contributed by atoms with Crippen molar-refractivity contribution in [3.63, 3.8) is 0 Å². The van der Waals surface area contributed by atoms with Gasteiger partial charge in [-0.05, 0) is 36.4 Å². The minimum absolute atomic E-state index is 0.0552. The summed E-state index contributed by atoms with van der Waals surface area (Å²) in [5, 5.41) is 2.62. The van der Waals surface area contributed by atoms with Crippen LogP contribution in [0.3, 0.4) is 0 Å². The third-order valence-electron chi connectivity index (χ3n) is 4.62. The van der Waals surface area contributed by atoms with Crippen LogP contribution in [-0.4, -0.2) is 65.6 Å². The van der Waals surface area contributed by atoms with Crippen LogP contribution in [-0.2, 0) is 20.0 Å². The smallest absolute Gasteiger partial charge is 0.255 e. The standard InChI is InChI=1S/C20H27N3O6S2/c1-6-23(7-2)30(25,26)17-10-8-9-16(14-17)21-20(24)15-11-12-18(29-5)19(13-15)31(27,28)22(3)4/h8-14H,6-7H2,1-5H3,(H,21,24). The molecule has 0 radical (unpaired) electrons. The van der Waals surface area contributed by atoms with Gasteiger partial charge in [0.15, 0.2) is 0 Å². The Hall–Kier alpha value is -2.47. The Morgan fingerprint density at radius 1 is 0.968 bits per heavy atom. The molecule has 2 aromatic rings. The molecule has 170 valence electrons. The lowest BCUT2D eigenvalue weighted by molar-refractivity contribution is 0.102. The van der Waals surface area contributed by atoms with Gasteiger partial charge in [-0.2, -0.15) is 4.31 Å². The molecule has 1 N–H and O–H groups in total. The number of ether oxygens (including phenoxy) is 1. The number of carbonyl (C=O) groups is 1. The van der Waals surface area contributed by atoms with Gasteiger partial charge in [-0.3, -0.25) is 4.79 Å². The molecule has 0 fully saturated rings. The summed E-state index contributed by atoms with van der Waals surface area (Å²) in [5.41, 5.74) is 0.351. The van der Waals surface area contributed by atoms with Gasteiger partial charge in [-0.1, -0.05) is 19.9 Å². The first kappa shape index (κ1) is 24.8. The van der Waals surface area contributed by atoms with Crippen molar-refractivity contribution in [3.05, 3.63) is 48.0 Å².